The number of nitrogens with one attached hydrogen (secondary N) is 2. The Balaban J connectivity index is 1.61. The van der Waals surface area contributed by atoms with Crippen LogP contribution in [-0.2, 0) is 0 Å². The van der Waals surface area contributed by atoms with Gasteiger partial charge in [0.05, 0.1) is 4.92 Å². The minimum Gasteiger partial charge on any atom is -0.347 e. The number of carbonyl (C=O) groups excluding carboxylic acids is 1. The minimum atomic E-state index is -0.494. The van der Waals surface area contributed by atoms with Crippen LogP contribution in [0.15, 0.2) is 30.9 Å². The summed E-state index contributed by atoms with van der Waals surface area (Å²) in [6.07, 6.45) is 7.28. The Bertz CT molecular complexity index is 982. The topological polar surface area (TPSA) is 126 Å². The van der Waals surface area contributed by atoms with Gasteiger partial charge in [0.15, 0.2) is 0 Å². The fourth-order valence-corrected chi connectivity index (χ4v) is 5.24. The number of anilines is 2. The third kappa shape index (κ3) is 3.77. The van der Waals surface area contributed by atoms with Crippen LogP contribution in [-0.4, -0.2) is 38.4 Å². The molecule has 0 aromatic carbocycles. The zero-order valence-electron chi connectivity index (χ0n) is 17.3. The first kappa shape index (κ1) is 20.0. The van der Waals surface area contributed by atoms with Gasteiger partial charge >= 0.3 is 5.69 Å². The molecule has 10 nitrogen and oxygen atoms in total. The summed E-state index contributed by atoms with van der Waals surface area (Å²) < 4.78 is 0. The summed E-state index contributed by atoms with van der Waals surface area (Å²) in [5.41, 5.74) is 5.47. The lowest BCUT2D eigenvalue weighted by Gasteiger charge is -2.39. The fourth-order valence-electron chi connectivity index (χ4n) is 5.24. The van der Waals surface area contributed by atoms with Crippen molar-refractivity contribution in [3.8, 4) is 0 Å². The molecule has 2 unspecified atom stereocenters. The second kappa shape index (κ2) is 7.19. The van der Waals surface area contributed by atoms with E-state index in [9.17, 15) is 14.9 Å². The van der Waals surface area contributed by atoms with Crippen LogP contribution in [0, 0.1) is 20.9 Å². The molecule has 0 spiro atoms. The molecule has 2 atom stereocenters. The standard InChI is InChI=1S/C20H25N7O3/c1-19(2)8-14-9-20(3,10-19)11-26(14)17-15(27(29)30)16(22-12-23-17)24-25-18(28)13-4-6-21-7-5-13/h4-7,12,14H,8-11H2,1-3H3,(H,25,28)(H,22,23,24). The van der Waals surface area contributed by atoms with Crippen LogP contribution in [0.3, 0.4) is 0 Å². The Morgan fingerprint density at radius 2 is 1.97 bits per heavy atom. The number of hydrogen-bond acceptors (Lipinski definition) is 8. The second-order valence-electron chi connectivity index (χ2n) is 9.31. The molecule has 1 aliphatic carbocycles. The molecular formula is C20H25N7O3. The number of hydrogen-bond donors (Lipinski definition) is 2. The smallest absolute Gasteiger partial charge is 0.347 e. The molecule has 2 aromatic rings. The summed E-state index contributed by atoms with van der Waals surface area (Å²) in [6.45, 7) is 7.44. The fraction of sp³-hybridized carbons (Fsp3) is 0.500. The highest BCUT2D eigenvalue weighted by atomic mass is 16.6. The minimum absolute atomic E-state index is 0.0433. The number of nitrogens with zero attached hydrogens (tertiary/aromatic N) is 5. The Hall–Kier alpha value is -3.30. The van der Waals surface area contributed by atoms with Crippen LogP contribution < -0.4 is 15.8 Å². The average Bonchev–Trinajstić information content (AvgIpc) is 2.94. The summed E-state index contributed by atoms with van der Waals surface area (Å²) in [6, 6.07) is 3.28. The van der Waals surface area contributed by atoms with Crippen molar-refractivity contribution in [3.05, 3.63) is 46.5 Å². The van der Waals surface area contributed by atoms with Crippen molar-refractivity contribution < 1.29 is 9.72 Å². The van der Waals surface area contributed by atoms with E-state index in [0.717, 1.165) is 19.3 Å². The van der Waals surface area contributed by atoms with Crippen LogP contribution in [0.4, 0.5) is 17.3 Å². The molecule has 1 saturated carbocycles. The molecule has 158 valence electrons. The number of amides is 1. The summed E-state index contributed by atoms with van der Waals surface area (Å²) in [4.78, 5) is 37.9. The Morgan fingerprint density at radius 1 is 1.23 bits per heavy atom. The summed E-state index contributed by atoms with van der Waals surface area (Å²) >= 11 is 0. The number of rotatable bonds is 5. The number of pyridine rings is 1. The zero-order valence-corrected chi connectivity index (χ0v) is 17.3. The van der Waals surface area contributed by atoms with Gasteiger partial charge in [0.2, 0.25) is 11.6 Å². The Kier molecular flexibility index (Phi) is 4.79. The van der Waals surface area contributed by atoms with Gasteiger partial charge in [-0.25, -0.2) is 9.97 Å². The highest BCUT2D eigenvalue weighted by Gasteiger charge is 2.51. The molecule has 2 aliphatic rings. The first-order chi connectivity index (χ1) is 14.2. The molecule has 4 rings (SSSR count). The molecule has 30 heavy (non-hydrogen) atoms. The molecular weight excluding hydrogens is 386 g/mol. The van der Waals surface area contributed by atoms with Gasteiger partial charge in [-0.15, -0.1) is 0 Å². The van der Waals surface area contributed by atoms with Crippen molar-refractivity contribution in [2.24, 2.45) is 10.8 Å². The molecule has 10 heteroatoms. The van der Waals surface area contributed by atoms with Gasteiger partial charge in [-0.3, -0.25) is 30.7 Å². The predicted octanol–water partition coefficient (Wildman–Crippen LogP) is 2.94. The van der Waals surface area contributed by atoms with Gasteiger partial charge in [-0.2, -0.15) is 0 Å². The van der Waals surface area contributed by atoms with Crippen molar-refractivity contribution in [2.75, 3.05) is 16.9 Å². The first-order valence-corrected chi connectivity index (χ1v) is 9.90. The van der Waals surface area contributed by atoms with Gasteiger partial charge in [0.1, 0.15) is 6.33 Å². The highest BCUT2D eigenvalue weighted by molar-refractivity contribution is 5.94. The van der Waals surface area contributed by atoms with E-state index in [1.165, 1.54) is 18.7 Å². The van der Waals surface area contributed by atoms with Crippen molar-refractivity contribution in [1.82, 2.24) is 20.4 Å². The van der Waals surface area contributed by atoms with Crippen molar-refractivity contribution in [3.63, 3.8) is 0 Å². The van der Waals surface area contributed by atoms with Crippen LogP contribution in [0.5, 0.6) is 0 Å². The molecule has 0 radical (unpaired) electrons. The van der Waals surface area contributed by atoms with E-state index < -0.39 is 10.8 Å². The highest BCUT2D eigenvalue weighted by Crippen LogP contribution is 2.54. The molecule has 2 fully saturated rings. The lowest BCUT2D eigenvalue weighted by atomic mass is 9.65. The normalized spacial score (nSPS) is 24.4. The van der Waals surface area contributed by atoms with Gasteiger partial charge in [0, 0.05) is 30.5 Å². The van der Waals surface area contributed by atoms with E-state index in [2.05, 4.69) is 46.6 Å². The molecule has 2 N–H and O–H groups in total. The summed E-state index contributed by atoms with van der Waals surface area (Å²) in [7, 11) is 0. The Morgan fingerprint density at radius 3 is 2.67 bits per heavy atom. The monoisotopic (exact) mass is 411 g/mol. The summed E-state index contributed by atoms with van der Waals surface area (Å²) in [5, 5.41) is 12.0. The third-order valence-corrected chi connectivity index (χ3v) is 5.91. The molecule has 1 saturated heterocycles. The van der Waals surface area contributed by atoms with Crippen molar-refractivity contribution >= 4 is 23.2 Å². The first-order valence-electron chi connectivity index (χ1n) is 9.90. The third-order valence-electron chi connectivity index (χ3n) is 5.91. The van der Waals surface area contributed by atoms with Crippen LogP contribution in [0.25, 0.3) is 0 Å². The van der Waals surface area contributed by atoms with Gasteiger partial charge in [0.25, 0.3) is 5.91 Å². The molecule has 2 bridgehead atoms. The molecule has 2 aromatic heterocycles. The number of hydrazine groups is 1. The lowest BCUT2D eigenvalue weighted by Crippen LogP contribution is -2.35. The van der Waals surface area contributed by atoms with E-state index in [1.54, 1.807) is 12.1 Å². The van der Waals surface area contributed by atoms with E-state index in [1.807, 2.05) is 4.90 Å². The van der Waals surface area contributed by atoms with E-state index >= 15 is 0 Å². The van der Waals surface area contributed by atoms with Gasteiger partial charge in [-0.1, -0.05) is 20.8 Å². The van der Waals surface area contributed by atoms with Crippen molar-refractivity contribution in [2.45, 2.75) is 46.1 Å². The van der Waals surface area contributed by atoms with Gasteiger partial charge in [-0.05, 0) is 42.2 Å². The predicted molar refractivity (Wildman–Crippen MR) is 111 cm³/mol. The summed E-state index contributed by atoms with van der Waals surface area (Å²) in [5.74, 6) is -0.196. The molecule has 1 amide bonds. The SMILES string of the molecule is CC1(C)CC2CC(C)(CN2c2ncnc(NNC(=O)c3ccncc3)c2[N+](=O)[O-])C1. The molecule has 1 aliphatic heterocycles. The maximum Gasteiger partial charge on any atom is 0.355 e. The van der Waals surface area contributed by atoms with Gasteiger partial charge < -0.3 is 4.90 Å². The molecule has 3 heterocycles. The number of nitro groups is 1. The van der Waals surface area contributed by atoms with Crippen LogP contribution >= 0.6 is 0 Å². The lowest BCUT2D eigenvalue weighted by molar-refractivity contribution is -0.383. The largest absolute Gasteiger partial charge is 0.355 e. The number of fused-ring (bicyclic) bond motifs is 2. The average molecular weight is 411 g/mol. The van der Waals surface area contributed by atoms with Crippen molar-refractivity contribution in [1.29, 1.82) is 0 Å². The van der Waals surface area contributed by atoms with Crippen LogP contribution in [0.2, 0.25) is 0 Å². The number of carbonyl (C=O) groups is 1. The van der Waals surface area contributed by atoms with E-state index in [0.29, 0.717) is 17.9 Å². The quantitative estimate of drug-likeness (QED) is 0.568. The second-order valence-corrected chi connectivity index (χ2v) is 9.31. The maximum absolute atomic E-state index is 12.3. The Labute approximate surface area is 174 Å². The van der Waals surface area contributed by atoms with Crippen LogP contribution in [0.1, 0.15) is 50.4 Å². The zero-order chi connectivity index (χ0) is 21.5. The van der Waals surface area contributed by atoms with E-state index in [-0.39, 0.29) is 28.4 Å². The van der Waals surface area contributed by atoms with E-state index in [4.69, 9.17) is 0 Å². The number of aromatic nitrogens is 3. The maximum atomic E-state index is 12.3.